The summed E-state index contributed by atoms with van der Waals surface area (Å²) in [6, 6.07) is 4.88. The van der Waals surface area contributed by atoms with Gasteiger partial charge in [0.1, 0.15) is 10.6 Å². The average Bonchev–Trinajstić information content (AvgIpc) is 2.29. The number of fused-ring (bicyclic) bond motifs is 1. The average molecular weight is 286 g/mol. The number of ether oxygens (including phenoxy) is 1. The highest BCUT2D eigenvalue weighted by molar-refractivity contribution is 7.92. The summed E-state index contributed by atoms with van der Waals surface area (Å²) >= 11 is 4.82. The molecule has 0 aromatic heterocycles. The quantitative estimate of drug-likeness (QED) is 0.653. The maximum atomic E-state index is 11.9. The SMILES string of the molecule is CCCCOc1ccc2c(c1)S(=O)(=O)NC(=S)N2. The van der Waals surface area contributed by atoms with Crippen LogP contribution < -0.4 is 14.8 Å². The van der Waals surface area contributed by atoms with Crippen molar-refractivity contribution in [2.75, 3.05) is 11.9 Å². The highest BCUT2D eigenvalue weighted by atomic mass is 32.2. The van der Waals surface area contributed by atoms with Crippen LogP contribution >= 0.6 is 12.2 Å². The third kappa shape index (κ3) is 2.73. The molecule has 2 N–H and O–H groups in total. The minimum absolute atomic E-state index is 0.0853. The molecule has 1 aromatic carbocycles. The van der Waals surface area contributed by atoms with Gasteiger partial charge in [-0.3, -0.25) is 4.72 Å². The van der Waals surface area contributed by atoms with Gasteiger partial charge < -0.3 is 10.1 Å². The summed E-state index contributed by atoms with van der Waals surface area (Å²) in [6.45, 7) is 2.64. The van der Waals surface area contributed by atoms with Crippen molar-refractivity contribution in [2.24, 2.45) is 0 Å². The number of sulfonamides is 1. The van der Waals surface area contributed by atoms with E-state index < -0.39 is 10.0 Å². The second-order valence-corrected chi connectivity index (χ2v) is 5.98. The monoisotopic (exact) mass is 286 g/mol. The molecule has 0 amide bonds. The third-order valence-electron chi connectivity index (χ3n) is 2.48. The number of rotatable bonds is 4. The van der Waals surface area contributed by atoms with Gasteiger partial charge in [0.2, 0.25) is 0 Å². The molecule has 1 aliphatic rings. The molecule has 7 heteroatoms. The number of benzene rings is 1. The first kappa shape index (κ1) is 13.1. The standard InChI is InChI=1S/C11H14N2O3S2/c1-2-3-6-16-8-4-5-9-10(7-8)18(14,15)13-11(17)12-9/h4-5,7H,2-3,6H2,1H3,(H2,12,13,17). The molecule has 0 saturated carbocycles. The van der Waals surface area contributed by atoms with Crippen LogP contribution in [0.25, 0.3) is 0 Å². The van der Waals surface area contributed by atoms with E-state index in [1.54, 1.807) is 12.1 Å². The lowest BCUT2D eigenvalue weighted by molar-refractivity contribution is 0.308. The van der Waals surface area contributed by atoms with E-state index in [4.69, 9.17) is 17.0 Å². The lowest BCUT2D eigenvalue weighted by Crippen LogP contribution is -2.39. The normalized spacial score (nSPS) is 16.4. The van der Waals surface area contributed by atoms with Gasteiger partial charge in [0, 0.05) is 6.07 Å². The second-order valence-electron chi connectivity index (χ2n) is 3.92. The second kappa shape index (κ2) is 5.11. The molecule has 1 aliphatic heterocycles. The smallest absolute Gasteiger partial charge is 0.265 e. The van der Waals surface area contributed by atoms with Gasteiger partial charge in [0.15, 0.2) is 5.11 Å². The van der Waals surface area contributed by atoms with E-state index in [0.29, 0.717) is 18.0 Å². The largest absolute Gasteiger partial charge is 0.494 e. The zero-order chi connectivity index (χ0) is 13.2. The van der Waals surface area contributed by atoms with Crippen LogP contribution in [0.1, 0.15) is 19.8 Å². The maximum Gasteiger partial charge on any atom is 0.265 e. The Morgan fingerprint density at radius 3 is 2.89 bits per heavy atom. The van der Waals surface area contributed by atoms with Crippen LogP contribution in [0.3, 0.4) is 0 Å². The fourth-order valence-corrected chi connectivity index (χ4v) is 3.10. The molecule has 0 bridgehead atoms. The van der Waals surface area contributed by atoms with Crippen molar-refractivity contribution < 1.29 is 13.2 Å². The first-order valence-corrected chi connectivity index (χ1v) is 7.53. The van der Waals surface area contributed by atoms with Crippen molar-refractivity contribution in [2.45, 2.75) is 24.7 Å². The summed E-state index contributed by atoms with van der Waals surface area (Å²) in [5, 5.41) is 2.88. The van der Waals surface area contributed by atoms with Crippen LogP contribution in [0, 0.1) is 0 Å². The van der Waals surface area contributed by atoms with Crippen LogP contribution in [-0.4, -0.2) is 20.1 Å². The Morgan fingerprint density at radius 1 is 1.39 bits per heavy atom. The van der Waals surface area contributed by atoms with Gasteiger partial charge in [-0.2, -0.15) is 0 Å². The van der Waals surface area contributed by atoms with Crippen LogP contribution in [0.4, 0.5) is 5.69 Å². The molecule has 0 aliphatic carbocycles. The van der Waals surface area contributed by atoms with Crippen molar-refractivity contribution in [1.82, 2.24) is 4.72 Å². The molecule has 18 heavy (non-hydrogen) atoms. The Hall–Kier alpha value is -1.34. The Kier molecular flexibility index (Phi) is 3.72. The first-order chi connectivity index (χ1) is 8.53. The molecule has 98 valence electrons. The number of anilines is 1. The number of thiocarbonyl (C=S) groups is 1. The summed E-state index contributed by atoms with van der Waals surface area (Å²) < 4.78 is 31.5. The van der Waals surface area contributed by atoms with Crippen molar-refractivity contribution in [3.8, 4) is 5.75 Å². The number of hydrogen-bond donors (Lipinski definition) is 2. The molecule has 1 aromatic rings. The topological polar surface area (TPSA) is 67.4 Å². The predicted molar refractivity (Wildman–Crippen MR) is 73.4 cm³/mol. The summed E-state index contributed by atoms with van der Waals surface area (Å²) in [5.41, 5.74) is 0.474. The number of unbranched alkanes of at least 4 members (excludes halogenated alkanes) is 1. The Bertz CT molecular complexity index is 570. The molecule has 2 rings (SSSR count). The van der Waals surface area contributed by atoms with Gasteiger partial charge in [-0.25, -0.2) is 8.42 Å². The molecule has 0 saturated heterocycles. The van der Waals surface area contributed by atoms with E-state index in [-0.39, 0.29) is 10.0 Å². The van der Waals surface area contributed by atoms with Gasteiger partial charge in [-0.05, 0) is 30.8 Å². The van der Waals surface area contributed by atoms with Crippen LogP contribution in [-0.2, 0) is 10.0 Å². The van der Waals surface area contributed by atoms with Gasteiger partial charge in [-0.1, -0.05) is 13.3 Å². The fourth-order valence-electron chi connectivity index (χ4n) is 1.58. The van der Waals surface area contributed by atoms with Crippen molar-refractivity contribution in [3.05, 3.63) is 18.2 Å². The fraction of sp³-hybridized carbons (Fsp3) is 0.364. The molecular weight excluding hydrogens is 272 g/mol. The zero-order valence-corrected chi connectivity index (χ0v) is 11.5. The van der Waals surface area contributed by atoms with E-state index >= 15 is 0 Å². The van der Waals surface area contributed by atoms with Crippen molar-refractivity contribution in [1.29, 1.82) is 0 Å². The molecule has 1 heterocycles. The third-order valence-corrected chi connectivity index (χ3v) is 4.21. The van der Waals surface area contributed by atoms with Crippen LogP contribution in [0.2, 0.25) is 0 Å². The lowest BCUT2D eigenvalue weighted by atomic mass is 10.3. The van der Waals surface area contributed by atoms with Crippen LogP contribution in [0.5, 0.6) is 5.75 Å². The van der Waals surface area contributed by atoms with Gasteiger partial charge in [0.05, 0.1) is 12.3 Å². The van der Waals surface area contributed by atoms with E-state index in [0.717, 1.165) is 12.8 Å². The van der Waals surface area contributed by atoms with Crippen molar-refractivity contribution >= 4 is 33.0 Å². The Morgan fingerprint density at radius 2 is 2.17 bits per heavy atom. The van der Waals surface area contributed by atoms with E-state index in [2.05, 4.69) is 17.0 Å². The lowest BCUT2D eigenvalue weighted by Gasteiger charge is -2.21. The Labute approximate surface area is 112 Å². The van der Waals surface area contributed by atoms with E-state index in [1.807, 2.05) is 0 Å². The molecule has 0 unspecified atom stereocenters. The highest BCUT2D eigenvalue weighted by Crippen LogP contribution is 2.28. The summed E-state index contributed by atoms with van der Waals surface area (Å²) in [4.78, 5) is 0.157. The van der Waals surface area contributed by atoms with E-state index in [1.165, 1.54) is 6.07 Å². The summed E-state index contributed by atoms with van der Waals surface area (Å²) in [6.07, 6.45) is 1.96. The zero-order valence-electron chi connectivity index (χ0n) is 9.89. The molecule has 5 nitrogen and oxygen atoms in total. The predicted octanol–water partition coefficient (Wildman–Crippen LogP) is 1.85. The summed E-state index contributed by atoms with van der Waals surface area (Å²) in [7, 11) is -3.58. The highest BCUT2D eigenvalue weighted by Gasteiger charge is 2.26. The molecular formula is C11H14N2O3S2. The number of nitrogens with one attached hydrogen (secondary N) is 2. The molecule has 0 fully saturated rings. The first-order valence-electron chi connectivity index (χ1n) is 5.63. The van der Waals surface area contributed by atoms with Crippen molar-refractivity contribution in [3.63, 3.8) is 0 Å². The molecule has 0 atom stereocenters. The molecule has 0 spiro atoms. The van der Waals surface area contributed by atoms with Gasteiger partial charge in [-0.15, -0.1) is 0 Å². The minimum atomic E-state index is -3.58. The molecule has 0 radical (unpaired) electrons. The number of hydrogen-bond acceptors (Lipinski definition) is 4. The minimum Gasteiger partial charge on any atom is -0.494 e. The van der Waals surface area contributed by atoms with Gasteiger partial charge >= 0.3 is 0 Å². The summed E-state index contributed by atoms with van der Waals surface area (Å²) in [5.74, 6) is 0.544. The Balaban J connectivity index is 2.28. The van der Waals surface area contributed by atoms with E-state index in [9.17, 15) is 8.42 Å². The van der Waals surface area contributed by atoms with Crippen LogP contribution in [0.15, 0.2) is 23.1 Å². The van der Waals surface area contributed by atoms with Gasteiger partial charge in [0.25, 0.3) is 10.0 Å². The maximum absolute atomic E-state index is 11.9.